The molecule has 1 unspecified atom stereocenters. The highest BCUT2D eigenvalue weighted by Gasteiger charge is 2.11. The molecule has 9 nitrogen and oxygen atoms in total. The molecule has 0 fully saturated rings. The number of hydrogen-bond acceptors (Lipinski definition) is 7. The molecule has 0 bridgehead atoms. The van der Waals surface area contributed by atoms with Crippen LogP contribution in [0.5, 0.6) is 0 Å². The predicted octanol–water partition coefficient (Wildman–Crippen LogP) is 0.676. The van der Waals surface area contributed by atoms with Gasteiger partial charge in [0.2, 0.25) is 5.95 Å². The molecule has 2 rings (SSSR count). The van der Waals surface area contributed by atoms with Crippen molar-refractivity contribution < 1.29 is 4.92 Å². The summed E-state index contributed by atoms with van der Waals surface area (Å²) in [6.07, 6.45) is 3.68. The molecule has 2 aromatic heterocycles. The number of anilines is 1. The monoisotopic (exact) mass is 235 g/mol. The molecule has 88 valence electrons. The maximum Gasteiger partial charge on any atom is 0.305 e. The van der Waals surface area contributed by atoms with E-state index in [0.717, 1.165) is 12.4 Å². The number of nitrogens with zero attached hydrogens (tertiary/aromatic N) is 5. The lowest BCUT2D eigenvalue weighted by atomic mass is 10.3. The second-order valence-corrected chi connectivity index (χ2v) is 3.26. The van der Waals surface area contributed by atoms with E-state index >= 15 is 0 Å². The van der Waals surface area contributed by atoms with E-state index in [1.165, 1.54) is 6.33 Å². The fraction of sp³-hybridized carbons (Fsp3) is 0.250. The Morgan fingerprint density at radius 3 is 2.65 bits per heavy atom. The maximum absolute atomic E-state index is 10.4. The largest absolute Gasteiger partial charge is 0.344 e. The lowest BCUT2D eigenvalue weighted by molar-refractivity contribution is -0.385. The standard InChI is InChI=1S/C8H9N7O2/c1-5(7-11-4-12-14-7)13-8-9-2-6(3-10-8)15(16)17/h2-5H,1H3,(H,9,10,13)(H,11,12,14). The van der Waals surface area contributed by atoms with Crippen LogP contribution in [0.3, 0.4) is 0 Å². The summed E-state index contributed by atoms with van der Waals surface area (Å²) in [5.74, 6) is 0.923. The minimum absolute atomic E-state index is 0.150. The summed E-state index contributed by atoms with van der Waals surface area (Å²) >= 11 is 0. The van der Waals surface area contributed by atoms with Gasteiger partial charge in [0.15, 0.2) is 0 Å². The molecule has 2 N–H and O–H groups in total. The molecule has 0 aliphatic heterocycles. The molecule has 0 aliphatic carbocycles. The van der Waals surface area contributed by atoms with E-state index in [2.05, 4.69) is 30.5 Å². The van der Waals surface area contributed by atoms with E-state index in [1.807, 2.05) is 6.92 Å². The smallest absolute Gasteiger partial charge is 0.305 e. The molecule has 2 aromatic rings. The Morgan fingerprint density at radius 2 is 2.12 bits per heavy atom. The lowest BCUT2D eigenvalue weighted by Crippen LogP contribution is -2.11. The second kappa shape index (κ2) is 4.51. The van der Waals surface area contributed by atoms with E-state index in [0.29, 0.717) is 11.8 Å². The van der Waals surface area contributed by atoms with Gasteiger partial charge < -0.3 is 5.32 Å². The van der Waals surface area contributed by atoms with Gasteiger partial charge >= 0.3 is 5.69 Å². The van der Waals surface area contributed by atoms with Crippen LogP contribution in [-0.4, -0.2) is 30.1 Å². The molecule has 0 saturated heterocycles. The molecule has 9 heteroatoms. The van der Waals surface area contributed by atoms with Crippen molar-refractivity contribution in [1.82, 2.24) is 25.1 Å². The molecule has 0 amide bonds. The van der Waals surface area contributed by atoms with Gasteiger partial charge in [-0.2, -0.15) is 5.10 Å². The number of nitrogens with one attached hydrogen (secondary N) is 2. The summed E-state index contributed by atoms with van der Waals surface area (Å²) in [7, 11) is 0. The van der Waals surface area contributed by atoms with E-state index in [-0.39, 0.29) is 11.7 Å². The van der Waals surface area contributed by atoms with E-state index < -0.39 is 4.92 Å². The normalized spacial score (nSPS) is 12.1. The van der Waals surface area contributed by atoms with Crippen molar-refractivity contribution in [3.05, 3.63) is 34.7 Å². The Kier molecular flexibility index (Phi) is 2.90. The van der Waals surface area contributed by atoms with Crippen molar-refractivity contribution in [2.45, 2.75) is 13.0 Å². The molecule has 1 atom stereocenters. The van der Waals surface area contributed by atoms with Crippen LogP contribution in [0, 0.1) is 10.1 Å². The first-order valence-corrected chi connectivity index (χ1v) is 4.75. The lowest BCUT2D eigenvalue weighted by Gasteiger charge is -2.09. The summed E-state index contributed by atoms with van der Waals surface area (Å²) < 4.78 is 0. The third-order valence-electron chi connectivity index (χ3n) is 2.04. The van der Waals surface area contributed by atoms with Gasteiger partial charge in [0.25, 0.3) is 0 Å². The molecule has 0 saturated carbocycles. The van der Waals surface area contributed by atoms with Crippen LogP contribution >= 0.6 is 0 Å². The van der Waals surface area contributed by atoms with Crippen molar-refractivity contribution in [1.29, 1.82) is 0 Å². The summed E-state index contributed by atoms with van der Waals surface area (Å²) in [5, 5.41) is 19.8. The molecular formula is C8H9N7O2. The second-order valence-electron chi connectivity index (χ2n) is 3.26. The van der Waals surface area contributed by atoms with Crippen molar-refractivity contribution in [3.8, 4) is 0 Å². The van der Waals surface area contributed by atoms with Crippen LogP contribution in [0.2, 0.25) is 0 Å². The van der Waals surface area contributed by atoms with Crippen molar-refractivity contribution in [2.24, 2.45) is 0 Å². The Hall–Kier alpha value is -2.58. The summed E-state index contributed by atoms with van der Waals surface area (Å²) in [4.78, 5) is 21.5. The van der Waals surface area contributed by atoms with Crippen molar-refractivity contribution in [2.75, 3.05) is 5.32 Å². The third-order valence-corrected chi connectivity index (χ3v) is 2.04. The molecule has 2 heterocycles. The van der Waals surface area contributed by atoms with Gasteiger partial charge in [-0.15, -0.1) is 0 Å². The average molecular weight is 235 g/mol. The summed E-state index contributed by atoms with van der Waals surface area (Å²) in [5.41, 5.74) is -0.150. The van der Waals surface area contributed by atoms with Gasteiger partial charge in [-0.1, -0.05) is 0 Å². The van der Waals surface area contributed by atoms with Gasteiger partial charge in [-0.3, -0.25) is 15.2 Å². The summed E-state index contributed by atoms with van der Waals surface area (Å²) in [6, 6.07) is -0.168. The first kappa shape index (κ1) is 10.9. The zero-order chi connectivity index (χ0) is 12.3. The third kappa shape index (κ3) is 2.51. The van der Waals surface area contributed by atoms with Gasteiger partial charge in [-0.05, 0) is 6.92 Å². The number of aromatic amines is 1. The van der Waals surface area contributed by atoms with Crippen LogP contribution in [-0.2, 0) is 0 Å². The number of nitro groups is 1. The van der Waals surface area contributed by atoms with E-state index in [4.69, 9.17) is 0 Å². The molecule has 0 spiro atoms. The Bertz CT molecular complexity index is 495. The SMILES string of the molecule is CC(Nc1ncc([N+](=O)[O-])cn1)c1ncn[nH]1. The molecule has 0 radical (unpaired) electrons. The van der Waals surface area contributed by atoms with Crippen LogP contribution in [0.4, 0.5) is 11.6 Å². The maximum atomic E-state index is 10.4. The quantitative estimate of drug-likeness (QED) is 0.589. The average Bonchev–Trinajstić information content (AvgIpc) is 2.83. The molecule has 0 aliphatic rings. The highest BCUT2D eigenvalue weighted by Crippen LogP contribution is 2.13. The van der Waals surface area contributed by atoms with Crippen LogP contribution in [0.1, 0.15) is 18.8 Å². The molecule has 0 aromatic carbocycles. The topological polar surface area (TPSA) is 123 Å². The van der Waals surface area contributed by atoms with Crippen molar-refractivity contribution >= 4 is 11.6 Å². The Labute approximate surface area is 95.5 Å². The zero-order valence-electron chi connectivity index (χ0n) is 8.86. The van der Waals surface area contributed by atoms with Gasteiger partial charge in [0, 0.05) is 0 Å². The van der Waals surface area contributed by atoms with Crippen LogP contribution < -0.4 is 5.32 Å². The number of hydrogen-bond donors (Lipinski definition) is 2. The number of aromatic nitrogens is 5. The first-order valence-electron chi connectivity index (χ1n) is 4.75. The van der Waals surface area contributed by atoms with Crippen LogP contribution in [0.25, 0.3) is 0 Å². The van der Waals surface area contributed by atoms with E-state index in [1.54, 1.807) is 0 Å². The fourth-order valence-electron chi connectivity index (χ4n) is 1.18. The zero-order valence-corrected chi connectivity index (χ0v) is 8.86. The predicted molar refractivity (Wildman–Crippen MR) is 57.1 cm³/mol. The van der Waals surface area contributed by atoms with Gasteiger partial charge in [0.05, 0.1) is 11.0 Å². The summed E-state index contributed by atoms with van der Waals surface area (Å²) in [6.45, 7) is 1.84. The number of H-pyrrole nitrogens is 1. The Morgan fingerprint density at radius 1 is 1.41 bits per heavy atom. The molecular weight excluding hydrogens is 226 g/mol. The fourth-order valence-corrected chi connectivity index (χ4v) is 1.18. The van der Waals surface area contributed by atoms with E-state index in [9.17, 15) is 10.1 Å². The minimum atomic E-state index is -0.552. The highest BCUT2D eigenvalue weighted by atomic mass is 16.6. The van der Waals surface area contributed by atoms with Gasteiger partial charge in [0.1, 0.15) is 24.5 Å². The number of rotatable bonds is 4. The highest BCUT2D eigenvalue weighted by molar-refractivity contribution is 5.32. The first-order chi connectivity index (χ1) is 8.16. The Balaban J connectivity index is 2.06. The van der Waals surface area contributed by atoms with Crippen molar-refractivity contribution in [3.63, 3.8) is 0 Å². The van der Waals surface area contributed by atoms with Crippen LogP contribution in [0.15, 0.2) is 18.7 Å². The minimum Gasteiger partial charge on any atom is -0.344 e. The molecule has 17 heavy (non-hydrogen) atoms. The van der Waals surface area contributed by atoms with Gasteiger partial charge in [-0.25, -0.2) is 15.0 Å².